The van der Waals surface area contributed by atoms with Crippen molar-refractivity contribution in [3.63, 3.8) is 0 Å². The summed E-state index contributed by atoms with van der Waals surface area (Å²) in [5.41, 5.74) is 5.60. The molecular weight excluding hydrogens is 211 g/mol. The van der Waals surface area contributed by atoms with Crippen molar-refractivity contribution < 1.29 is 18.0 Å². The van der Waals surface area contributed by atoms with Gasteiger partial charge in [-0.1, -0.05) is 0 Å². The second-order valence-corrected chi connectivity index (χ2v) is 3.60. The zero-order valence-electron chi connectivity index (χ0n) is 8.18. The third kappa shape index (κ3) is 4.37. The highest BCUT2D eigenvalue weighted by molar-refractivity contribution is 5.74. The molecule has 1 aliphatic heterocycles. The van der Waals surface area contributed by atoms with Gasteiger partial charge in [0.05, 0.1) is 0 Å². The van der Waals surface area contributed by atoms with Crippen molar-refractivity contribution in [2.24, 2.45) is 5.73 Å². The van der Waals surface area contributed by atoms with Crippen LogP contribution in [0.3, 0.4) is 0 Å². The number of piperidine rings is 1. The lowest BCUT2D eigenvalue weighted by atomic mass is 10.1. The Kier molecular flexibility index (Phi) is 3.78. The van der Waals surface area contributed by atoms with Gasteiger partial charge in [0.15, 0.2) is 0 Å². The number of alkyl halides is 3. The summed E-state index contributed by atoms with van der Waals surface area (Å²) >= 11 is 0. The van der Waals surface area contributed by atoms with Crippen LogP contribution < -0.4 is 11.1 Å². The third-order valence-corrected chi connectivity index (χ3v) is 2.27. The minimum absolute atomic E-state index is 0.0525. The minimum Gasteiger partial charge on any atom is -0.329 e. The maximum Gasteiger partial charge on any atom is 0.405 e. The second-order valence-electron chi connectivity index (χ2n) is 3.60. The molecule has 0 unspecified atom stereocenters. The van der Waals surface area contributed by atoms with Gasteiger partial charge in [0.25, 0.3) is 0 Å². The molecule has 0 atom stereocenters. The lowest BCUT2D eigenvalue weighted by Gasteiger charge is -2.30. The van der Waals surface area contributed by atoms with E-state index in [9.17, 15) is 18.0 Å². The van der Waals surface area contributed by atoms with E-state index in [1.54, 1.807) is 0 Å². The normalized spacial score (nSPS) is 19.1. The first-order valence-corrected chi connectivity index (χ1v) is 4.73. The van der Waals surface area contributed by atoms with E-state index in [4.69, 9.17) is 5.73 Å². The number of hydrogen-bond donors (Lipinski definition) is 2. The van der Waals surface area contributed by atoms with Crippen molar-refractivity contribution >= 4 is 6.03 Å². The highest BCUT2D eigenvalue weighted by Crippen LogP contribution is 2.13. The first-order chi connectivity index (χ1) is 6.88. The molecule has 0 aliphatic carbocycles. The average molecular weight is 225 g/mol. The molecule has 0 aromatic rings. The SMILES string of the molecule is NC1CCN(C(=O)NCC(F)(F)F)CC1. The molecule has 2 amide bonds. The number of nitrogens with one attached hydrogen (secondary N) is 1. The van der Waals surface area contributed by atoms with E-state index in [0.717, 1.165) is 0 Å². The number of hydrogen-bond acceptors (Lipinski definition) is 2. The molecule has 3 N–H and O–H groups in total. The van der Waals surface area contributed by atoms with Gasteiger partial charge in [-0.2, -0.15) is 13.2 Å². The fourth-order valence-corrected chi connectivity index (χ4v) is 1.39. The quantitative estimate of drug-likeness (QED) is 0.689. The van der Waals surface area contributed by atoms with Crippen LogP contribution in [0, 0.1) is 0 Å². The average Bonchev–Trinajstić information content (AvgIpc) is 2.14. The van der Waals surface area contributed by atoms with Gasteiger partial charge in [0.2, 0.25) is 0 Å². The van der Waals surface area contributed by atoms with Gasteiger partial charge < -0.3 is 16.0 Å². The maximum atomic E-state index is 11.8. The summed E-state index contributed by atoms with van der Waals surface area (Å²) < 4.78 is 35.4. The number of rotatable bonds is 1. The van der Waals surface area contributed by atoms with Gasteiger partial charge in [0.1, 0.15) is 6.54 Å². The Labute approximate surface area is 85.6 Å². The van der Waals surface area contributed by atoms with Gasteiger partial charge in [-0.3, -0.25) is 0 Å². The first kappa shape index (κ1) is 12.1. The van der Waals surface area contributed by atoms with Gasteiger partial charge in [-0.15, -0.1) is 0 Å². The van der Waals surface area contributed by atoms with Crippen LogP contribution in [0.15, 0.2) is 0 Å². The Morgan fingerprint density at radius 2 is 1.93 bits per heavy atom. The van der Waals surface area contributed by atoms with Crippen LogP contribution in [0.4, 0.5) is 18.0 Å². The molecule has 0 bridgehead atoms. The van der Waals surface area contributed by atoms with Crippen molar-refractivity contribution in [3.05, 3.63) is 0 Å². The second kappa shape index (κ2) is 4.69. The summed E-state index contributed by atoms with van der Waals surface area (Å²) in [7, 11) is 0. The Morgan fingerprint density at radius 1 is 1.40 bits per heavy atom. The van der Waals surface area contributed by atoms with Crippen LogP contribution in [-0.2, 0) is 0 Å². The Balaban J connectivity index is 2.29. The summed E-state index contributed by atoms with van der Waals surface area (Å²) in [5.74, 6) is 0. The van der Waals surface area contributed by atoms with E-state index in [1.165, 1.54) is 4.90 Å². The van der Waals surface area contributed by atoms with Crippen LogP contribution in [0.1, 0.15) is 12.8 Å². The number of nitrogens with two attached hydrogens (primary N) is 1. The van der Waals surface area contributed by atoms with Gasteiger partial charge in [-0.25, -0.2) is 4.79 Å². The molecule has 4 nitrogen and oxygen atoms in total. The number of nitrogens with zero attached hydrogens (tertiary/aromatic N) is 1. The number of carbonyl (C=O) groups is 1. The summed E-state index contributed by atoms with van der Waals surface area (Å²) in [6.45, 7) is -0.440. The number of likely N-dealkylation sites (tertiary alicyclic amines) is 1. The van der Waals surface area contributed by atoms with Crippen molar-refractivity contribution in [2.45, 2.75) is 25.1 Å². The van der Waals surface area contributed by atoms with E-state index in [0.29, 0.717) is 25.9 Å². The standard InChI is InChI=1S/C8H14F3N3O/c9-8(10,11)5-13-7(15)14-3-1-6(12)2-4-14/h6H,1-5,12H2,(H,13,15). The van der Waals surface area contributed by atoms with Gasteiger partial charge in [-0.05, 0) is 12.8 Å². The number of halogens is 3. The number of amides is 2. The molecule has 0 aromatic carbocycles. The summed E-state index contributed by atoms with van der Waals surface area (Å²) in [5, 5.41) is 1.83. The maximum absolute atomic E-state index is 11.8. The first-order valence-electron chi connectivity index (χ1n) is 4.73. The molecule has 0 radical (unpaired) electrons. The monoisotopic (exact) mass is 225 g/mol. The molecular formula is C8H14F3N3O. The summed E-state index contributed by atoms with van der Waals surface area (Å²) in [4.78, 5) is 12.6. The lowest BCUT2D eigenvalue weighted by Crippen LogP contribution is -2.48. The van der Waals surface area contributed by atoms with Crippen molar-refractivity contribution in [1.82, 2.24) is 10.2 Å². The molecule has 1 aliphatic rings. The summed E-state index contributed by atoms with van der Waals surface area (Å²) in [6.07, 6.45) is -3.08. The topological polar surface area (TPSA) is 58.4 Å². The molecule has 0 saturated carbocycles. The van der Waals surface area contributed by atoms with E-state index in [1.807, 2.05) is 5.32 Å². The highest BCUT2D eigenvalue weighted by atomic mass is 19.4. The van der Waals surface area contributed by atoms with E-state index in [2.05, 4.69) is 0 Å². The van der Waals surface area contributed by atoms with Crippen molar-refractivity contribution in [3.8, 4) is 0 Å². The largest absolute Gasteiger partial charge is 0.405 e. The third-order valence-electron chi connectivity index (χ3n) is 2.27. The van der Waals surface area contributed by atoms with Crippen LogP contribution in [0.5, 0.6) is 0 Å². The molecule has 1 fully saturated rings. The Hall–Kier alpha value is -0.980. The van der Waals surface area contributed by atoms with Crippen LogP contribution in [0.2, 0.25) is 0 Å². The Bertz CT molecular complexity index is 224. The molecule has 15 heavy (non-hydrogen) atoms. The fraction of sp³-hybridized carbons (Fsp3) is 0.875. The molecule has 1 saturated heterocycles. The van der Waals surface area contributed by atoms with Gasteiger partial charge in [0, 0.05) is 19.1 Å². The van der Waals surface area contributed by atoms with Gasteiger partial charge >= 0.3 is 12.2 Å². The molecule has 1 heterocycles. The molecule has 88 valence electrons. The smallest absolute Gasteiger partial charge is 0.329 e. The van der Waals surface area contributed by atoms with E-state index in [-0.39, 0.29) is 6.04 Å². The molecule has 0 aromatic heterocycles. The minimum atomic E-state index is -4.36. The van der Waals surface area contributed by atoms with E-state index < -0.39 is 18.8 Å². The lowest BCUT2D eigenvalue weighted by molar-refractivity contribution is -0.123. The summed E-state index contributed by atoms with van der Waals surface area (Å²) in [6, 6.07) is -0.615. The predicted octanol–water partition coefficient (Wildman–Crippen LogP) is 0.681. The highest BCUT2D eigenvalue weighted by Gasteiger charge is 2.29. The van der Waals surface area contributed by atoms with Crippen LogP contribution >= 0.6 is 0 Å². The molecule has 7 heteroatoms. The molecule has 1 rings (SSSR count). The number of urea groups is 1. The van der Waals surface area contributed by atoms with Crippen LogP contribution in [-0.4, -0.2) is 42.8 Å². The van der Waals surface area contributed by atoms with E-state index >= 15 is 0 Å². The Morgan fingerprint density at radius 3 is 2.40 bits per heavy atom. The molecule has 0 spiro atoms. The number of carbonyl (C=O) groups excluding carboxylic acids is 1. The predicted molar refractivity (Wildman–Crippen MR) is 48.2 cm³/mol. The zero-order valence-corrected chi connectivity index (χ0v) is 8.18. The van der Waals surface area contributed by atoms with Crippen molar-refractivity contribution in [1.29, 1.82) is 0 Å². The fourth-order valence-electron chi connectivity index (χ4n) is 1.39. The van der Waals surface area contributed by atoms with Crippen LogP contribution in [0.25, 0.3) is 0 Å². The van der Waals surface area contributed by atoms with Crippen molar-refractivity contribution in [2.75, 3.05) is 19.6 Å². The zero-order chi connectivity index (χ0) is 11.5.